The lowest BCUT2D eigenvalue weighted by Gasteiger charge is -2.12. The van der Waals surface area contributed by atoms with E-state index in [0.29, 0.717) is 33.2 Å². The Labute approximate surface area is 138 Å². The van der Waals surface area contributed by atoms with E-state index in [-0.39, 0.29) is 5.75 Å². The van der Waals surface area contributed by atoms with Crippen molar-refractivity contribution in [3.63, 3.8) is 0 Å². The Morgan fingerprint density at radius 1 is 1.22 bits per heavy atom. The van der Waals surface area contributed by atoms with Gasteiger partial charge in [-0.1, -0.05) is 23.7 Å². The second kappa shape index (κ2) is 5.86. The SMILES string of the molecule is O=C(O)COc1ccc(Cl)cc1-c1ccc2c(c1)S(=O)(=O)CC2. The zero-order valence-corrected chi connectivity index (χ0v) is 13.5. The molecule has 1 heterocycles. The molecule has 7 heteroatoms. The summed E-state index contributed by atoms with van der Waals surface area (Å²) < 4.78 is 29.4. The van der Waals surface area contributed by atoms with E-state index in [4.69, 9.17) is 21.4 Å². The molecule has 0 saturated heterocycles. The predicted octanol–water partition coefficient (Wildman–Crippen LogP) is 2.80. The minimum Gasteiger partial charge on any atom is -0.481 e. The molecule has 2 aromatic carbocycles. The molecule has 0 aromatic heterocycles. The molecule has 1 aliphatic rings. The van der Waals surface area contributed by atoms with Crippen molar-refractivity contribution in [3.05, 3.63) is 47.0 Å². The van der Waals surface area contributed by atoms with Crippen LogP contribution >= 0.6 is 11.6 Å². The van der Waals surface area contributed by atoms with Crippen LogP contribution in [0.4, 0.5) is 0 Å². The van der Waals surface area contributed by atoms with Crippen LogP contribution in [0.5, 0.6) is 5.75 Å². The van der Waals surface area contributed by atoms with Crippen LogP contribution in [-0.2, 0) is 21.1 Å². The highest BCUT2D eigenvalue weighted by molar-refractivity contribution is 7.91. The monoisotopic (exact) mass is 352 g/mol. The van der Waals surface area contributed by atoms with Crippen molar-refractivity contribution < 1.29 is 23.1 Å². The van der Waals surface area contributed by atoms with Crippen LogP contribution in [0.2, 0.25) is 5.02 Å². The number of sulfone groups is 1. The van der Waals surface area contributed by atoms with Crippen molar-refractivity contribution >= 4 is 27.4 Å². The van der Waals surface area contributed by atoms with Gasteiger partial charge in [0, 0.05) is 10.6 Å². The molecule has 2 aromatic rings. The average molecular weight is 353 g/mol. The normalized spacial score (nSPS) is 15.2. The zero-order chi connectivity index (χ0) is 16.6. The highest BCUT2D eigenvalue weighted by Crippen LogP contribution is 2.36. The molecule has 0 aliphatic carbocycles. The summed E-state index contributed by atoms with van der Waals surface area (Å²) in [7, 11) is -3.25. The van der Waals surface area contributed by atoms with Crippen LogP contribution in [-0.4, -0.2) is 31.9 Å². The molecular weight excluding hydrogens is 340 g/mol. The lowest BCUT2D eigenvalue weighted by Crippen LogP contribution is -2.10. The van der Waals surface area contributed by atoms with Crippen LogP contribution in [0.3, 0.4) is 0 Å². The highest BCUT2D eigenvalue weighted by Gasteiger charge is 2.26. The van der Waals surface area contributed by atoms with E-state index in [9.17, 15) is 13.2 Å². The molecule has 0 fully saturated rings. The topological polar surface area (TPSA) is 80.7 Å². The average Bonchev–Trinajstić information content (AvgIpc) is 2.81. The van der Waals surface area contributed by atoms with Crippen molar-refractivity contribution in [2.24, 2.45) is 0 Å². The van der Waals surface area contributed by atoms with E-state index < -0.39 is 22.4 Å². The van der Waals surface area contributed by atoms with Crippen LogP contribution in [0.1, 0.15) is 5.56 Å². The number of benzene rings is 2. The maximum atomic E-state index is 12.1. The van der Waals surface area contributed by atoms with E-state index in [1.54, 1.807) is 36.4 Å². The molecule has 5 nitrogen and oxygen atoms in total. The van der Waals surface area contributed by atoms with E-state index in [2.05, 4.69) is 0 Å². The van der Waals surface area contributed by atoms with Gasteiger partial charge < -0.3 is 9.84 Å². The summed E-state index contributed by atoms with van der Waals surface area (Å²) in [4.78, 5) is 11.0. The first-order chi connectivity index (χ1) is 10.9. The number of carbonyl (C=O) groups is 1. The van der Waals surface area contributed by atoms with Gasteiger partial charge in [-0.15, -0.1) is 0 Å². The maximum absolute atomic E-state index is 12.1. The molecule has 0 bridgehead atoms. The molecule has 120 valence electrons. The van der Waals surface area contributed by atoms with Crippen molar-refractivity contribution in [3.8, 4) is 16.9 Å². The van der Waals surface area contributed by atoms with Crippen molar-refractivity contribution in [2.75, 3.05) is 12.4 Å². The maximum Gasteiger partial charge on any atom is 0.341 e. The van der Waals surface area contributed by atoms with Crippen molar-refractivity contribution in [2.45, 2.75) is 11.3 Å². The van der Waals surface area contributed by atoms with Gasteiger partial charge in [0.15, 0.2) is 16.4 Å². The molecule has 0 radical (unpaired) electrons. The number of hydrogen-bond acceptors (Lipinski definition) is 4. The summed E-state index contributed by atoms with van der Waals surface area (Å²) in [5, 5.41) is 9.21. The molecule has 23 heavy (non-hydrogen) atoms. The Bertz CT molecular complexity index is 889. The molecule has 3 rings (SSSR count). The molecular formula is C16H13ClO5S. The molecule has 0 spiro atoms. The third-order valence-corrected chi connectivity index (χ3v) is 5.67. The lowest BCUT2D eigenvalue weighted by atomic mass is 10.0. The number of carboxylic acid groups (broad SMARTS) is 1. The molecule has 1 aliphatic heterocycles. The molecule has 1 N–H and O–H groups in total. The number of aryl methyl sites for hydroxylation is 1. The minimum absolute atomic E-state index is 0.115. The summed E-state index contributed by atoms with van der Waals surface area (Å²) in [6.45, 7) is -0.488. The summed E-state index contributed by atoms with van der Waals surface area (Å²) in [5.41, 5.74) is 1.98. The fourth-order valence-corrected chi connectivity index (χ4v) is 4.32. The minimum atomic E-state index is -3.25. The van der Waals surface area contributed by atoms with Gasteiger partial charge >= 0.3 is 5.97 Å². The Kier molecular flexibility index (Phi) is 4.04. The van der Waals surface area contributed by atoms with Gasteiger partial charge in [-0.05, 0) is 41.8 Å². The Balaban J connectivity index is 2.08. The van der Waals surface area contributed by atoms with Gasteiger partial charge in [0.2, 0.25) is 0 Å². The Morgan fingerprint density at radius 2 is 2.00 bits per heavy atom. The van der Waals surface area contributed by atoms with Gasteiger partial charge in [0.25, 0.3) is 0 Å². The molecule has 0 atom stereocenters. The largest absolute Gasteiger partial charge is 0.481 e. The fraction of sp³-hybridized carbons (Fsp3) is 0.188. The van der Waals surface area contributed by atoms with Gasteiger partial charge in [0.1, 0.15) is 5.75 Å². The number of carboxylic acids is 1. The summed E-state index contributed by atoms with van der Waals surface area (Å²) in [6, 6.07) is 9.95. The quantitative estimate of drug-likeness (QED) is 0.915. The Morgan fingerprint density at radius 3 is 2.74 bits per heavy atom. The van der Waals surface area contributed by atoms with Crippen molar-refractivity contribution in [1.82, 2.24) is 0 Å². The third kappa shape index (κ3) is 3.18. The second-order valence-electron chi connectivity index (χ2n) is 5.21. The van der Waals surface area contributed by atoms with E-state index in [1.165, 1.54) is 0 Å². The van der Waals surface area contributed by atoms with Gasteiger partial charge in [-0.2, -0.15) is 0 Å². The second-order valence-corrected chi connectivity index (χ2v) is 7.73. The molecule has 0 unspecified atom stereocenters. The van der Waals surface area contributed by atoms with E-state index in [1.807, 2.05) is 0 Å². The Hall–Kier alpha value is -2.05. The number of hydrogen-bond donors (Lipinski definition) is 1. The number of aliphatic carboxylic acids is 1. The first-order valence-electron chi connectivity index (χ1n) is 6.87. The zero-order valence-electron chi connectivity index (χ0n) is 12.0. The standard InChI is InChI=1S/C16H13ClO5S/c17-12-3-4-14(22-9-16(18)19)13(8-12)11-2-1-10-5-6-23(20,21)15(10)7-11/h1-4,7-8H,5-6,9H2,(H,18,19). The lowest BCUT2D eigenvalue weighted by molar-refractivity contribution is -0.139. The smallest absolute Gasteiger partial charge is 0.341 e. The van der Waals surface area contributed by atoms with E-state index >= 15 is 0 Å². The molecule has 0 saturated carbocycles. The van der Waals surface area contributed by atoms with Crippen LogP contribution in [0.25, 0.3) is 11.1 Å². The summed E-state index contributed by atoms with van der Waals surface area (Å²) in [5.74, 6) is -0.640. The summed E-state index contributed by atoms with van der Waals surface area (Å²) in [6.07, 6.45) is 0.510. The van der Waals surface area contributed by atoms with Crippen LogP contribution in [0, 0.1) is 0 Å². The fourth-order valence-electron chi connectivity index (χ4n) is 2.57. The van der Waals surface area contributed by atoms with Gasteiger partial charge in [0.05, 0.1) is 10.6 Å². The number of fused-ring (bicyclic) bond motifs is 1. The summed E-state index contributed by atoms with van der Waals surface area (Å²) >= 11 is 6.01. The number of halogens is 1. The van der Waals surface area contributed by atoms with Crippen LogP contribution in [0.15, 0.2) is 41.3 Å². The molecule has 0 amide bonds. The highest BCUT2D eigenvalue weighted by atomic mass is 35.5. The van der Waals surface area contributed by atoms with E-state index in [0.717, 1.165) is 5.56 Å². The van der Waals surface area contributed by atoms with Crippen molar-refractivity contribution in [1.29, 1.82) is 0 Å². The number of rotatable bonds is 4. The van der Waals surface area contributed by atoms with Crippen LogP contribution < -0.4 is 4.74 Å². The van der Waals surface area contributed by atoms with Gasteiger partial charge in [-0.25, -0.2) is 13.2 Å². The predicted molar refractivity (Wildman–Crippen MR) is 85.8 cm³/mol. The first kappa shape index (κ1) is 15.8. The third-order valence-electron chi connectivity index (χ3n) is 3.65. The van der Waals surface area contributed by atoms with Gasteiger partial charge in [-0.3, -0.25) is 0 Å². The first-order valence-corrected chi connectivity index (χ1v) is 8.90. The number of ether oxygens (including phenoxy) is 1.